The Hall–Kier alpha value is -5.22. The van der Waals surface area contributed by atoms with E-state index < -0.39 is 0 Å². The maximum absolute atomic E-state index is 5.03. The summed E-state index contributed by atoms with van der Waals surface area (Å²) < 4.78 is 5.01. The Bertz CT molecular complexity index is 2250. The van der Waals surface area contributed by atoms with Crippen LogP contribution in [0.4, 0.5) is 0 Å². The van der Waals surface area contributed by atoms with E-state index >= 15 is 0 Å². The zero-order valence-electron chi connectivity index (χ0n) is 24.4. The Morgan fingerprint density at radius 3 is 1.30 bits per heavy atom. The summed E-state index contributed by atoms with van der Waals surface area (Å²) in [6, 6.07) is 35.5. The van der Waals surface area contributed by atoms with Crippen LogP contribution in [0.2, 0.25) is 0 Å². The molecular weight excluding hydrogens is 536 g/mol. The molecule has 0 unspecified atom stereocenters. The first kappa shape index (κ1) is 24.2. The van der Waals surface area contributed by atoms with Gasteiger partial charge in [-0.3, -0.25) is 9.97 Å². The third-order valence-corrected chi connectivity index (χ3v) is 10.1. The average molecular weight is 567 g/mol. The average Bonchev–Trinajstić information content (AvgIpc) is 3.60. The zero-order valence-corrected chi connectivity index (χ0v) is 24.4. The lowest BCUT2D eigenvalue weighted by Gasteiger charge is -2.19. The molecule has 0 N–H and O–H groups in total. The highest BCUT2D eigenvalue weighted by Gasteiger charge is 2.23. The van der Waals surface area contributed by atoms with E-state index in [1.165, 1.54) is 77.0 Å². The molecular formula is C40H30N4. The Balaban J connectivity index is 1.01. The molecule has 0 aliphatic carbocycles. The van der Waals surface area contributed by atoms with Crippen LogP contribution in [0.15, 0.2) is 109 Å². The Morgan fingerprint density at radius 1 is 0.432 bits per heavy atom. The summed E-state index contributed by atoms with van der Waals surface area (Å²) in [6.07, 6.45) is 8.61. The van der Waals surface area contributed by atoms with Crippen LogP contribution >= 0.6 is 0 Å². The summed E-state index contributed by atoms with van der Waals surface area (Å²) >= 11 is 0. The highest BCUT2D eigenvalue weighted by atomic mass is 15.0. The second kappa shape index (κ2) is 9.14. The first-order chi connectivity index (χ1) is 21.8. The molecule has 0 spiro atoms. The lowest BCUT2D eigenvalue weighted by Crippen LogP contribution is -2.09. The fraction of sp³-hybridized carbons (Fsp3) is 0.150. The topological polar surface area (TPSA) is 35.6 Å². The van der Waals surface area contributed by atoms with Crippen LogP contribution in [0.5, 0.6) is 0 Å². The molecule has 0 radical (unpaired) electrons. The molecule has 2 aliphatic heterocycles. The predicted molar refractivity (Wildman–Crippen MR) is 181 cm³/mol. The van der Waals surface area contributed by atoms with Crippen molar-refractivity contribution in [2.75, 3.05) is 0 Å². The fourth-order valence-electron chi connectivity index (χ4n) is 8.12. The van der Waals surface area contributed by atoms with Gasteiger partial charge in [-0.25, -0.2) is 0 Å². The number of nitrogens with zero attached hydrogens (tertiary/aromatic N) is 4. The van der Waals surface area contributed by atoms with Crippen molar-refractivity contribution in [3.63, 3.8) is 0 Å². The Labute approximate surface area is 255 Å². The van der Waals surface area contributed by atoms with Gasteiger partial charge in [0.05, 0.1) is 22.4 Å². The zero-order chi connectivity index (χ0) is 28.8. The summed E-state index contributed by atoms with van der Waals surface area (Å²) in [6.45, 7) is 2.15. The lowest BCUT2D eigenvalue weighted by molar-refractivity contribution is 0.650. The maximum atomic E-state index is 5.03. The van der Waals surface area contributed by atoms with E-state index in [1.807, 2.05) is 0 Å². The minimum absolute atomic E-state index is 1.07. The lowest BCUT2D eigenvalue weighted by atomic mass is 9.95. The standard InChI is InChI=1S/C40H30N4/c1-3-11-35-29(7-1)33-23-41-37(31-9-5-21-43(35)39(31)33)27-17-13-25(14-18-27)26-15-19-28(20-16-26)38-32-10-6-22-44-36-12-4-2-8-30(36)34(24-42-38)40(32)44/h1-4,7-8,11-20,23-24H,5-6,9-10,21-22H2. The molecule has 4 aromatic carbocycles. The van der Waals surface area contributed by atoms with Crippen molar-refractivity contribution in [1.29, 1.82) is 0 Å². The van der Waals surface area contributed by atoms with E-state index in [4.69, 9.17) is 9.97 Å². The van der Waals surface area contributed by atoms with Gasteiger partial charge in [0.2, 0.25) is 0 Å². The molecule has 4 aromatic heterocycles. The maximum Gasteiger partial charge on any atom is 0.0755 e. The number of benzene rings is 4. The van der Waals surface area contributed by atoms with Crippen molar-refractivity contribution < 1.29 is 0 Å². The van der Waals surface area contributed by atoms with Crippen molar-refractivity contribution in [3.05, 3.63) is 121 Å². The van der Waals surface area contributed by atoms with Gasteiger partial charge < -0.3 is 9.13 Å². The normalized spacial score (nSPS) is 14.3. The van der Waals surface area contributed by atoms with Crippen LogP contribution in [-0.2, 0) is 25.9 Å². The van der Waals surface area contributed by atoms with Gasteiger partial charge in [0.1, 0.15) is 0 Å². The molecule has 0 saturated carbocycles. The summed E-state index contributed by atoms with van der Waals surface area (Å²) in [5.74, 6) is 0. The first-order valence-electron chi connectivity index (χ1n) is 15.8. The minimum atomic E-state index is 1.07. The van der Waals surface area contributed by atoms with Crippen molar-refractivity contribution in [2.45, 2.75) is 38.8 Å². The molecule has 6 heterocycles. The van der Waals surface area contributed by atoms with Gasteiger partial charge >= 0.3 is 0 Å². The van der Waals surface area contributed by atoms with E-state index in [0.29, 0.717) is 0 Å². The molecule has 44 heavy (non-hydrogen) atoms. The van der Waals surface area contributed by atoms with Crippen molar-refractivity contribution in [2.24, 2.45) is 0 Å². The van der Waals surface area contributed by atoms with Crippen LogP contribution in [-0.4, -0.2) is 19.1 Å². The summed E-state index contributed by atoms with van der Waals surface area (Å²) in [5.41, 5.74) is 15.2. The Morgan fingerprint density at radius 2 is 0.841 bits per heavy atom. The molecule has 2 aliphatic rings. The van der Waals surface area contributed by atoms with Crippen LogP contribution in [0.3, 0.4) is 0 Å². The van der Waals surface area contributed by atoms with Gasteiger partial charge in [-0.15, -0.1) is 0 Å². The molecule has 4 nitrogen and oxygen atoms in total. The molecule has 0 fully saturated rings. The van der Waals surface area contributed by atoms with Crippen molar-refractivity contribution in [3.8, 4) is 33.6 Å². The van der Waals surface area contributed by atoms with Gasteiger partial charge in [-0.1, -0.05) is 84.9 Å². The van der Waals surface area contributed by atoms with Gasteiger partial charge in [0.15, 0.2) is 0 Å². The molecule has 0 bridgehead atoms. The van der Waals surface area contributed by atoms with Gasteiger partial charge in [0.25, 0.3) is 0 Å². The number of pyridine rings is 2. The summed E-state index contributed by atoms with van der Waals surface area (Å²) in [5, 5.41) is 5.18. The van der Waals surface area contributed by atoms with Gasteiger partial charge in [-0.2, -0.15) is 0 Å². The van der Waals surface area contributed by atoms with Gasteiger partial charge in [-0.05, 0) is 48.9 Å². The van der Waals surface area contributed by atoms with Gasteiger partial charge in [0, 0.05) is 80.3 Å². The van der Waals surface area contributed by atoms with Crippen molar-refractivity contribution >= 4 is 43.6 Å². The van der Waals surface area contributed by atoms with E-state index in [0.717, 1.165) is 50.2 Å². The number of aryl methyl sites for hydroxylation is 4. The van der Waals surface area contributed by atoms with Crippen LogP contribution in [0, 0.1) is 0 Å². The van der Waals surface area contributed by atoms with E-state index in [2.05, 4.69) is 119 Å². The number of fused-ring (bicyclic) bond motifs is 6. The van der Waals surface area contributed by atoms with Crippen LogP contribution < -0.4 is 0 Å². The second-order valence-electron chi connectivity index (χ2n) is 12.4. The highest BCUT2D eigenvalue weighted by molar-refractivity contribution is 6.11. The molecule has 10 rings (SSSR count). The smallest absolute Gasteiger partial charge is 0.0755 e. The highest BCUT2D eigenvalue weighted by Crippen LogP contribution is 2.40. The molecule has 210 valence electrons. The molecule has 0 amide bonds. The molecule has 0 atom stereocenters. The van der Waals surface area contributed by atoms with Crippen molar-refractivity contribution in [1.82, 2.24) is 19.1 Å². The SMILES string of the molecule is c1ccc2c(c1)c1cnc(-c3ccc(-c4ccc(-c5ncc6c7ccccc7n7c6c5CCC7)cc4)cc3)c3c1n2CCC3. The largest absolute Gasteiger partial charge is 0.340 e. The number of para-hydroxylation sites is 2. The second-order valence-corrected chi connectivity index (χ2v) is 12.4. The fourth-order valence-corrected chi connectivity index (χ4v) is 8.12. The van der Waals surface area contributed by atoms with E-state index in [-0.39, 0.29) is 0 Å². The predicted octanol–water partition coefficient (Wildman–Crippen LogP) is 9.59. The number of hydrogen-bond acceptors (Lipinski definition) is 2. The molecule has 4 heteroatoms. The van der Waals surface area contributed by atoms with Crippen LogP contribution in [0.25, 0.3) is 77.3 Å². The molecule has 0 saturated heterocycles. The van der Waals surface area contributed by atoms with Crippen LogP contribution in [0.1, 0.15) is 24.0 Å². The monoisotopic (exact) mass is 566 g/mol. The first-order valence-corrected chi connectivity index (χ1v) is 15.8. The van der Waals surface area contributed by atoms with E-state index in [9.17, 15) is 0 Å². The number of hydrogen-bond donors (Lipinski definition) is 0. The number of rotatable bonds is 3. The Kier molecular flexibility index (Phi) is 5.04. The number of aromatic nitrogens is 4. The van der Waals surface area contributed by atoms with E-state index in [1.54, 1.807) is 0 Å². The summed E-state index contributed by atoms with van der Waals surface area (Å²) in [4.78, 5) is 10.1. The third-order valence-electron chi connectivity index (χ3n) is 10.1. The minimum Gasteiger partial charge on any atom is -0.340 e. The summed E-state index contributed by atoms with van der Waals surface area (Å²) in [7, 11) is 0. The third kappa shape index (κ3) is 3.34. The molecule has 8 aromatic rings. The quantitative estimate of drug-likeness (QED) is 0.213.